The summed E-state index contributed by atoms with van der Waals surface area (Å²) in [6, 6.07) is 49.8. The lowest BCUT2D eigenvalue weighted by Gasteiger charge is -2.23. The molecule has 120 heavy (non-hydrogen) atoms. The molecule has 7 aromatic carbocycles. The fraction of sp³-hybridized carbons (Fsp3) is 0.230. The van der Waals surface area contributed by atoms with Crippen LogP contribution in [-0.2, 0) is 11.4 Å². The van der Waals surface area contributed by atoms with Crippen molar-refractivity contribution in [2.45, 2.75) is 70.2 Å². The standard InChI is InChI=1S/C33H32N8O3.2C26H26N8O2.C2H4O2/c1-43-28-16-21(30-29-31(34)36-19-37-32(29)41(40-30)22-12-14-35-15-13-22)10-11-25(28)39-33(42)26-17-23-24(38-26)8-5-9-27(23)44-18-20-6-3-2-4-7-20;1-36-21-13-16(2-5-20(21)32-26(35)17-3-4-19-15(12-17)6-11-29-19)23-22-24(27)30-14-31-25(22)34(33-23)18-7-9-28-10-8-18;1-36-21-13-16(4-5-19(21)32-26(35)17-3-2-15-6-11-29-20(15)12-17)23-22-24(27)30-14-31-25(22)34(33-23)18-7-9-28-10-8-18;1-2(3)4/h2-11,16-17,19,22,35,38H,12-15,18H2,1H3,(H,39,42)(H2,34,36,37);2*2-6,11-14,18,28-29H,7-10H2,1H3,(H,32,35)(H2,27,30,31);1H3,(H,3,4). The normalized spacial score (nSPS) is 13.9. The summed E-state index contributed by atoms with van der Waals surface area (Å²) in [5.41, 5.74) is 32.5. The minimum atomic E-state index is -1.08. The number of aromatic amines is 3. The molecule has 0 unspecified atom stereocenters. The van der Waals surface area contributed by atoms with Gasteiger partial charge >= 0.3 is 0 Å². The number of quaternary nitrogens is 1. The Kier molecular flexibility index (Phi) is 23.3. The molecule has 0 radical (unpaired) electrons. The average molecular weight is 1610 g/mol. The Bertz CT molecular complexity index is 6210. The van der Waals surface area contributed by atoms with Gasteiger partial charge in [-0.05, 0) is 167 Å². The Labute approximate surface area is 686 Å². The van der Waals surface area contributed by atoms with Gasteiger partial charge < -0.3 is 92.9 Å². The largest absolute Gasteiger partial charge is 0.550 e. The lowest BCUT2D eigenvalue weighted by molar-refractivity contribution is -0.664. The summed E-state index contributed by atoms with van der Waals surface area (Å²) in [4.78, 5) is 84.0. The molecular weight excluding hydrogens is 1530 g/mol. The number of aliphatic carboxylic acids is 1. The number of benzene rings is 7. The van der Waals surface area contributed by atoms with E-state index in [4.69, 9.17) is 61.3 Å². The van der Waals surface area contributed by atoms with Crippen LogP contribution in [0, 0.1) is 0 Å². The van der Waals surface area contributed by atoms with Crippen LogP contribution in [0.3, 0.4) is 0 Å². The number of hydrogen-bond acceptors (Lipinski definition) is 23. The van der Waals surface area contributed by atoms with Crippen molar-refractivity contribution in [3.8, 4) is 56.8 Å². The van der Waals surface area contributed by atoms with Gasteiger partial charge in [-0.15, -0.1) is 0 Å². The molecule has 16 N–H and O–H groups in total. The number of carboxylic acids is 1. The van der Waals surface area contributed by atoms with E-state index in [-0.39, 0.29) is 35.8 Å². The van der Waals surface area contributed by atoms with Gasteiger partial charge in [0, 0.05) is 86.3 Å². The summed E-state index contributed by atoms with van der Waals surface area (Å²) < 4.78 is 29.0. The smallest absolute Gasteiger partial charge is 0.272 e. The summed E-state index contributed by atoms with van der Waals surface area (Å²) in [6.45, 7) is 7.22. The van der Waals surface area contributed by atoms with E-state index in [1.54, 1.807) is 39.5 Å². The van der Waals surface area contributed by atoms with Crippen molar-refractivity contribution in [2.75, 3.05) is 93.7 Å². The zero-order chi connectivity index (χ0) is 82.9. The first-order valence-electron chi connectivity index (χ1n) is 39.4. The van der Waals surface area contributed by atoms with Crippen molar-refractivity contribution in [1.29, 1.82) is 0 Å². The maximum atomic E-state index is 13.4. The summed E-state index contributed by atoms with van der Waals surface area (Å²) in [7, 11) is 4.72. The summed E-state index contributed by atoms with van der Waals surface area (Å²) >= 11 is 0. The summed E-state index contributed by atoms with van der Waals surface area (Å²) in [5, 5.41) is 46.8. The third kappa shape index (κ3) is 16.8. The van der Waals surface area contributed by atoms with Crippen molar-refractivity contribution < 1.29 is 48.5 Å². The van der Waals surface area contributed by atoms with Crippen LogP contribution in [0.5, 0.6) is 23.0 Å². The lowest BCUT2D eigenvalue weighted by atomic mass is 10.1. The quantitative estimate of drug-likeness (QED) is 0.0380. The van der Waals surface area contributed by atoms with Gasteiger partial charge in [0.25, 0.3) is 17.7 Å². The van der Waals surface area contributed by atoms with Gasteiger partial charge in [0.05, 0.1) is 85.8 Å². The first-order valence-corrected chi connectivity index (χ1v) is 39.4. The summed E-state index contributed by atoms with van der Waals surface area (Å²) in [6.07, 6.45) is 14.0. The van der Waals surface area contributed by atoms with E-state index in [0.29, 0.717) is 109 Å². The fourth-order valence-electron chi connectivity index (χ4n) is 15.5. The summed E-state index contributed by atoms with van der Waals surface area (Å²) in [5.74, 6) is 1.53. The molecule has 16 aromatic rings. The highest BCUT2D eigenvalue weighted by atomic mass is 16.5. The molecule has 3 fully saturated rings. The predicted octanol–water partition coefficient (Wildman–Crippen LogP) is 10.5. The first kappa shape index (κ1) is 79.0. The van der Waals surface area contributed by atoms with E-state index < -0.39 is 5.97 Å². The number of hydrogen-bond donors (Lipinski definition) is 12. The molecule has 12 heterocycles. The van der Waals surface area contributed by atoms with E-state index in [1.807, 2.05) is 166 Å². The Morgan fingerprint density at radius 1 is 0.467 bits per heavy atom. The predicted molar refractivity (Wildman–Crippen MR) is 458 cm³/mol. The number of aromatic nitrogens is 15. The van der Waals surface area contributed by atoms with Crippen molar-refractivity contribution in [3.05, 3.63) is 211 Å². The molecule has 3 amide bonds. The molecule has 33 heteroatoms. The molecule has 19 rings (SSSR count). The van der Waals surface area contributed by atoms with Crippen LogP contribution < -0.4 is 73.2 Å². The molecule has 3 aliphatic heterocycles. The Morgan fingerprint density at radius 3 is 1.41 bits per heavy atom. The SMILES string of the molecule is CC(=O)[O-].COc1cc(-c2nn(C3CCNCC3)c3ncnc(N)c23)ccc1NC(=O)c1ccc2[nH]ccc2c1.COc1cc(-c2nn(C3CCNCC3)c3ncnc(N)c23)ccc1NC(=O)c1ccc2cc[nH]c2c1.COc1cc(-c2nn(C3CC[NH2+]CC3)c3ncnc(N)c23)ccc1NC(=O)c1cc2c(OCc3ccccc3)cccc2[nH]1. The number of nitrogens with zero attached hydrogens (tertiary/aromatic N) is 12. The van der Waals surface area contributed by atoms with E-state index >= 15 is 0 Å². The topological polar surface area (TPSA) is 461 Å². The highest BCUT2D eigenvalue weighted by Crippen LogP contribution is 2.42. The van der Waals surface area contributed by atoms with Crippen LogP contribution in [-0.4, -0.2) is 158 Å². The van der Waals surface area contributed by atoms with E-state index in [1.165, 1.54) is 19.0 Å². The van der Waals surface area contributed by atoms with E-state index in [0.717, 1.165) is 162 Å². The van der Waals surface area contributed by atoms with Crippen molar-refractivity contribution >= 4 is 124 Å². The molecule has 9 aromatic heterocycles. The minimum Gasteiger partial charge on any atom is -0.550 e. The van der Waals surface area contributed by atoms with Crippen LogP contribution in [0.4, 0.5) is 34.5 Å². The molecule has 0 spiro atoms. The fourth-order valence-corrected chi connectivity index (χ4v) is 15.5. The van der Waals surface area contributed by atoms with Crippen molar-refractivity contribution in [1.82, 2.24) is 84.8 Å². The zero-order valence-corrected chi connectivity index (χ0v) is 66.2. The maximum absolute atomic E-state index is 13.4. The lowest BCUT2D eigenvalue weighted by Crippen LogP contribution is -2.86. The number of amides is 3. The number of nitrogen functional groups attached to an aromatic ring is 3. The van der Waals surface area contributed by atoms with E-state index in [2.05, 4.69) is 76.8 Å². The number of anilines is 6. The molecule has 0 aliphatic carbocycles. The van der Waals surface area contributed by atoms with E-state index in [9.17, 15) is 14.4 Å². The zero-order valence-electron chi connectivity index (χ0n) is 66.2. The number of rotatable bonds is 18. The second kappa shape index (κ2) is 35.3. The molecule has 3 aliphatic rings. The number of methoxy groups -OCH3 is 3. The molecule has 0 bridgehead atoms. The van der Waals surface area contributed by atoms with Gasteiger partial charge in [0.1, 0.15) is 88.8 Å². The number of carbonyl (C=O) groups is 4. The third-order valence-corrected chi connectivity index (χ3v) is 21.5. The monoisotopic (exact) mass is 1610 g/mol. The minimum absolute atomic E-state index is 0.220. The highest BCUT2D eigenvalue weighted by molar-refractivity contribution is 6.10. The third-order valence-electron chi connectivity index (χ3n) is 21.5. The van der Waals surface area contributed by atoms with Crippen molar-refractivity contribution in [3.63, 3.8) is 0 Å². The van der Waals surface area contributed by atoms with Crippen LogP contribution >= 0.6 is 0 Å². The molecule has 0 atom stereocenters. The number of H-pyrrole nitrogens is 3. The number of ether oxygens (including phenoxy) is 4. The second-order valence-corrected chi connectivity index (χ2v) is 29.1. The number of fused-ring (bicyclic) bond motifs is 6. The Hall–Kier alpha value is -14.8. The Morgan fingerprint density at radius 2 is 0.917 bits per heavy atom. The van der Waals surface area contributed by atoms with Crippen LogP contribution in [0.1, 0.15) is 100 Å². The number of piperidine rings is 3. The first-order chi connectivity index (χ1) is 58.6. The van der Waals surface area contributed by atoms with Gasteiger partial charge in [0.15, 0.2) is 16.9 Å². The van der Waals surface area contributed by atoms with Gasteiger partial charge in [-0.25, -0.2) is 43.9 Å². The highest BCUT2D eigenvalue weighted by Gasteiger charge is 2.30. The van der Waals surface area contributed by atoms with Crippen LogP contribution in [0.25, 0.3) is 99.6 Å². The number of carbonyl (C=O) groups excluding carboxylic acids is 4. The number of nitrogens with one attached hydrogen (secondary N) is 8. The number of carboxylic acid groups (broad SMARTS) is 1. The maximum Gasteiger partial charge on any atom is 0.272 e. The molecule has 610 valence electrons. The van der Waals surface area contributed by atoms with Gasteiger partial charge in [0.2, 0.25) is 0 Å². The van der Waals surface area contributed by atoms with Crippen LogP contribution in [0.2, 0.25) is 0 Å². The molecular formula is C87H88N24O9. The molecule has 3 saturated heterocycles. The Balaban J connectivity index is 0.000000132. The van der Waals surface area contributed by atoms with Crippen molar-refractivity contribution in [2.24, 2.45) is 0 Å². The average Bonchev–Trinajstić information content (AvgIpc) is 1.61. The number of nitrogens with two attached hydrogens (primary N) is 4. The van der Waals surface area contributed by atoms with Crippen LogP contribution in [0.15, 0.2) is 189 Å². The van der Waals surface area contributed by atoms with Gasteiger partial charge in [-0.3, -0.25) is 14.4 Å². The molecule has 0 saturated carbocycles. The van der Waals surface area contributed by atoms with Gasteiger partial charge in [-0.2, -0.15) is 15.3 Å². The van der Waals surface area contributed by atoms with Gasteiger partial charge in [-0.1, -0.05) is 60.7 Å². The molecule has 33 nitrogen and oxygen atoms in total. The second-order valence-electron chi connectivity index (χ2n) is 29.1.